The van der Waals surface area contributed by atoms with Gasteiger partial charge in [0.05, 0.1) is 28.4 Å². The molecule has 1 nitrogen and oxygen atoms in total. The number of benzene rings is 3. The molecule has 3 aromatic rings. The van der Waals surface area contributed by atoms with Crippen molar-refractivity contribution in [2.24, 2.45) is 0 Å². The zero-order chi connectivity index (χ0) is 20.6. The van der Waals surface area contributed by atoms with Gasteiger partial charge in [0, 0.05) is 5.92 Å². The van der Waals surface area contributed by atoms with Crippen LogP contribution in [0.15, 0.2) is 60.7 Å². The molecule has 1 saturated heterocycles. The Hall–Kier alpha value is -1.69. The van der Waals surface area contributed by atoms with E-state index in [4.69, 9.17) is 4.74 Å². The molecule has 3 aromatic carbocycles. The summed E-state index contributed by atoms with van der Waals surface area (Å²) in [7, 11) is -2.98. The lowest BCUT2D eigenvalue weighted by Gasteiger charge is -2.40. The maximum atomic E-state index is 6.82. The van der Waals surface area contributed by atoms with Crippen LogP contribution in [0.5, 0.6) is 0 Å². The third kappa shape index (κ3) is 2.89. The molecular formula is C26H32OSi2. The van der Waals surface area contributed by atoms with Gasteiger partial charge in [0.15, 0.2) is 0 Å². The minimum atomic E-state index is -1.51. The summed E-state index contributed by atoms with van der Waals surface area (Å²) in [6.07, 6.45) is 0.468. The maximum Gasteiger partial charge on any atom is 0.0906 e. The molecule has 1 fully saturated rings. The van der Waals surface area contributed by atoms with Gasteiger partial charge in [0.2, 0.25) is 0 Å². The van der Waals surface area contributed by atoms with Crippen molar-refractivity contribution in [1.82, 2.24) is 0 Å². The minimum absolute atomic E-state index is 0.203. The van der Waals surface area contributed by atoms with Crippen molar-refractivity contribution in [2.45, 2.75) is 62.9 Å². The highest BCUT2D eigenvalue weighted by Crippen LogP contribution is 2.66. The summed E-state index contributed by atoms with van der Waals surface area (Å²) in [5.74, 6) is 0.467. The molecule has 0 aromatic heterocycles. The molecule has 0 unspecified atom stereocenters. The van der Waals surface area contributed by atoms with Crippen molar-refractivity contribution in [3.8, 4) is 0 Å². The Morgan fingerprint density at radius 3 is 1.97 bits per heavy atom. The van der Waals surface area contributed by atoms with E-state index in [9.17, 15) is 0 Å². The molecule has 2 aliphatic heterocycles. The first kappa shape index (κ1) is 19.3. The Bertz CT molecular complexity index is 1090. The summed E-state index contributed by atoms with van der Waals surface area (Å²) < 4.78 is 6.82. The first-order valence-corrected chi connectivity index (χ1v) is 18.0. The van der Waals surface area contributed by atoms with E-state index >= 15 is 0 Å². The van der Waals surface area contributed by atoms with Crippen LogP contribution in [0, 0.1) is 0 Å². The molecule has 150 valence electrons. The fraction of sp³-hybridized carbons (Fsp3) is 0.385. The number of rotatable bonds is 3. The van der Waals surface area contributed by atoms with E-state index in [1.54, 1.807) is 10.8 Å². The van der Waals surface area contributed by atoms with Crippen LogP contribution >= 0.6 is 0 Å². The van der Waals surface area contributed by atoms with E-state index in [-0.39, 0.29) is 12.2 Å². The third-order valence-electron chi connectivity index (χ3n) is 7.05. The highest BCUT2D eigenvalue weighted by molar-refractivity contribution is 6.89. The normalized spacial score (nSPS) is 26.1. The molecular weight excluding hydrogens is 384 g/mol. The van der Waals surface area contributed by atoms with Gasteiger partial charge in [-0.25, -0.2) is 0 Å². The van der Waals surface area contributed by atoms with Crippen molar-refractivity contribution >= 4 is 32.1 Å². The highest BCUT2D eigenvalue weighted by atomic mass is 28.3. The number of hydrogen-bond acceptors (Lipinski definition) is 1. The molecule has 29 heavy (non-hydrogen) atoms. The molecule has 2 aliphatic rings. The maximum absolute atomic E-state index is 6.82. The van der Waals surface area contributed by atoms with E-state index in [0.717, 1.165) is 0 Å². The third-order valence-corrected chi connectivity index (χ3v) is 11.8. The van der Waals surface area contributed by atoms with Gasteiger partial charge in [0.25, 0.3) is 0 Å². The second-order valence-electron chi connectivity index (χ2n) is 11.0. The molecule has 3 heteroatoms. The Morgan fingerprint density at radius 1 is 0.690 bits per heavy atom. The Balaban J connectivity index is 1.82. The zero-order valence-electron chi connectivity index (χ0n) is 18.5. The van der Waals surface area contributed by atoms with Crippen molar-refractivity contribution in [3.05, 3.63) is 77.4 Å². The predicted molar refractivity (Wildman–Crippen MR) is 130 cm³/mol. The SMILES string of the molecule is C[Si](C)(C)c1ccc2ccccc2c1[C@@H]1[C@H]([Si](C)(C)C)[C@@H]2O[C@H]1c1ccccc12. The average Bonchev–Trinajstić information content (AvgIpc) is 3.23. The standard InChI is InChI=1S/C26H32OSi2/c1-28(2,3)21-16-15-17-11-7-8-12-18(17)22(21)23-24-19-13-9-10-14-20(19)25(27-24)26(23)29(4,5)6/h7-16,23-26H,1-6H3/t23-,24-,25+,26-/m0/s1. The first-order chi connectivity index (χ1) is 13.7. The Morgan fingerprint density at radius 2 is 1.31 bits per heavy atom. The fourth-order valence-electron chi connectivity index (χ4n) is 5.90. The van der Waals surface area contributed by atoms with Crippen LogP contribution in [-0.4, -0.2) is 16.1 Å². The van der Waals surface area contributed by atoms with Gasteiger partial charge in [-0.05, 0) is 33.0 Å². The van der Waals surface area contributed by atoms with Crippen LogP contribution in [0.2, 0.25) is 44.8 Å². The van der Waals surface area contributed by atoms with Gasteiger partial charge in [-0.2, -0.15) is 0 Å². The van der Waals surface area contributed by atoms with Gasteiger partial charge in [-0.1, -0.05) is 105 Å². The van der Waals surface area contributed by atoms with E-state index < -0.39 is 16.1 Å². The summed E-state index contributed by atoms with van der Waals surface area (Å²) in [6, 6.07) is 22.8. The molecule has 0 saturated carbocycles. The largest absolute Gasteiger partial charge is 0.365 e. The van der Waals surface area contributed by atoms with Crippen LogP contribution in [0.1, 0.15) is 34.8 Å². The first-order valence-electron chi connectivity index (χ1n) is 10.9. The van der Waals surface area contributed by atoms with Crippen LogP contribution < -0.4 is 5.19 Å². The summed E-state index contributed by atoms with van der Waals surface area (Å²) >= 11 is 0. The minimum Gasteiger partial charge on any atom is -0.365 e. The summed E-state index contributed by atoms with van der Waals surface area (Å²) in [5, 5.41) is 4.45. The number of hydrogen-bond donors (Lipinski definition) is 0. The van der Waals surface area contributed by atoms with Crippen LogP contribution in [0.4, 0.5) is 0 Å². The quantitative estimate of drug-likeness (QED) is 0.417. The van der Waals surface area contributed by atoms with Gasteiger partial charge in [0.1, 0.15) is 0 Å². The van der Waals surface area contributed by atoms with Crippen LogP contribution in [0.25, 0.3) is 10.8 Å². The van der Waals surface area contributed by atoms with E-state index in [0.29, 0.717) is 11.5 Å². The second kappa shape index (κ2) is 6.40. The fourth-order valence-corrected chi connectivity index (χ4v) is 10.2. The van der Waals surface area contributed by atoms with Crippen molar-refractivity contribution in [2.75, 3.05) is 0 Å². The molecule has 2 bridgehead atoms. The topological polar surface area (TPSA) is 9.23 Å². The molecule has 2 heterocycles. The predicted octanol–water partition coefficient (Wildman–Crippen LogP) is 7.00. The Kier molecular flexibility index (Phi) is 4.26. The lowest BCUT2D eigenvalue weighted by molar-refractivity contribution is 0.0673. The molecule has 5 rings (SSSR count). The molecule has 0 N–H and O–H groups in total. The van der Waals surface area contributed by atoms with E-state index in [2.05, 4.69) is 99.9 Å². The summed E-state index contributed by atoms with van der Waals surface area (Å²) in [5.41, 5.74) is 5.11. The summed E-state index contributed by atoms with van der Waals surface area (Å²) in [6.45, 7) is 15.1. The second-order valence-corrected chi connectivity index (χ2v) is 21.5. The average molecular weight is 417 g/mol. The summed E-state index contributed by atoms with van der Waals surface area (Å²) in [4.78, 5) is 0. The molecule has 0 spiro atoms. The van der Waals surface area contributed by atoms with Crippen LogP contribution in [-0.2, 0) is 4.74 Å². The van der Waals surface area contributed by atoms with Crippen LogP contribution in [0.3, 0.4) is 0 Å². The van der Waals surface area contributed by atoms with Crippen molar-refractivity contribution < 1.29 is 4.74 Å². The van der Waals surface area contributed by atoms with E-state index in [1.165, 1.54) is 21.9 Å². The molecule has 0 radical (unpaired) electrons. The molecule has 0 aliphatic carbocycles. The van der Waals surface area contributed by atoms with Crippen molar-refractivity contribution in [3.63, 3.8) is 0 Å². The number of fused-ring (bicyclic) bond motifs is 6. The smallest absolute Gasteiger partial charge is 0.0906 e. The Labute approximate surface area is 177 Å². The van der Waals surface area contributed by atoms with Gasteiger partial charge >= 0.3 is 0 Å². The lowest BCUT2D eigenvalue weighted by atomic mass is 9.78. The van der Waals surface area contributed by atoms with Crippen molar-refractivity contribution in [1.29, 1.82) is 0 Å². The lowest BCUT2D eigenvalue weighted by Crippen LogP contribution is -2.44. The van der Waals surface area contributed by atoms with Gasteiger partial charge in [-0.15, -0.1) is 0 Å². The van der Waals surface area contributed by atoms with Gasteiger partial charge in [-0.3, -0.25) is 0 Å². The zero-order valence-corrected chi connectivity index (χ0v) is 20.5. The highest BCUT2D eigenvalue weighted by Gasteiger charge is 2.57. The molecule has 4 atom stereocenters. The van der Waals surface area contributed by atoms with E-state index in [1.807, 2.05) is 0 Å². The van der Waals surface area contributed by atoms with Gasteiger partial charge < -0.3 is 4.74 Å². The molecule has 0 amide bonds. The monoisotopic (exact) mass is 416 g/mol. The number of ether oxygens (including phenoxy) is 1.